The second-order valence-corrected chi connectivity index (χ2v) is 7.41. The van der Waals surface area contributed by atoms with Gasteiger partial charge in [0.25, 0.3) is 0 Å². The lowest BCUT2D eigenvalue weighted by Crippen LogP contribution is -2.36. The molecule has 1 atom stereocenters. The van der Waals surface area contributed by atoms with Crippen molar-refractivity contribution in [1.29, 1.82) is 0 Å². The van der Waals surface area contributed by atoms with Crippen LogP contribution in [-0.2, 0) is 10.0 Å². The van der Waals surface area contributed by atoms with Gasteiger partial charge in [-0.25, -0.2) is 8.42 Å². The van der Waals surface area contributed by atoms with Crippen molar-refractivity contribution in [3.63, 3.8) is 0 Å². The maximum atomic E-state index is 12.8. The first kappa shape index (κ1) is 15.5. The smallest absolute Gasteiger partial charge is 0.243 e. The Morgan fingerprint density at radius 3 is 2.75 bits per heavy atom. The fourth-order valence-corrected chi connectivity index (χ4v) is 4.89. The zero-order chi connectivity index (χ0) is 14.8. The molecule has 1 N–H and O–H groups in total. The summed E-state index contributed by atoms with van der Waals surface area (Å²) in [5.74, 6) is 0. The normalized spacial score (nSPS) is 20.4. The van der Waals surface area contributed by atoms with E-state index < -0.39 is 10.0 Å². The third-order valence-electron chi connectivity index (χ3n) is 3.94. The lowest BCUT2D eigenvalue weighted by atomic mass is 10.1. The molecule has 5 heteroatoms. The SMILES string of the molecule is Cc1ccc(S(=O)(=O)N2CCCC2CCCO)c(C)c1. The van der Waals surface area contributed by atoms with Gasteiger partial charge in [-0.3, -0.25) is 0 Å². The van der Waals surface area contributed by atoms with Gasteiger partial charge >= 0.3 is 0 Å². The highest BCUT2D eigenvalue weighted by Gasteiger charge is 2.35. The van der Waals surface area contributed by atoms with Gasteiger partial charge in [-0.2, -0.15) is 4.31 Å². The maximum absolute atomic E-state index is 12.8. The first-order valence-corrected chi connectivity index (χ1v) is 8.61. The minimum Gasteiger partial charge on any atom is -0.396 e. The van der Waals surface area contributed by atoms with E-state index in [0.717, 1.165) is 30.4 Å². The molecule has 2 rings (SSSR count). The molecule has 1 aromatic carbocycles. The molecule has 0 amide bonds. The zero-order valence-corrected chi connectivity index (χ0v) is 13.0. The van der Waals surface area contributed by atoms with Gasteiger partial charge in [0.1, 0.15) is 0 Å². The maximum Gasteiger partial charge on any atom is 0.243 e. The van der Waals surface area contributed by atoms with E-state index in [1.165, 1.54) is 0 Å². The highest BCUT2D eigenvalue weighted by Crippen LogP contribution is 2.30. The number of benzene rings is 1. The van der Waals surface area contributed by atoms with Gasteiger partial charge < -0.3 is 5.11 Å². The lowest BCUT2D eigenvalue weighted by molar-refractivity contribution is 0.264. The molecule has 0 spiro atoms. The molecule has 0 aliphatic carbocycles. The number of hydrogen-bond acceptors (Lipinski definition) is 3. The number of aliphatic hydroxyl groups excluding tert-OH is 1. The van der Waals surface area contributed by atoms with Crippen molar-refractivity contribution >= 4 is 10.0 Å². The molecule has 1 heterocycles. The second-order valence-electron chi connectivity index (χ2n) is 5.55. The summed E-state index contributed by atoms with van der Waals surface area (Å²) >= 11 is 0. The van der Waals surface area contributed by atoms with E-state index in [2.05, 4.69) is 0 Å². The summed E-state index contributed by atoms with van der Waals surface area (Å²) < 4.78 is 27.2. The predicted octanol–water partition coefficient (Wildman–Crippen LogP) is 2.23. The Morgan fingerprint density at radius 2 is 2.10 bits per heavy atom. The van der Waals surface area contributed by atoms with Crippen LogP contribution < -0.4 is 0 Å². The minimum atomic E-state index is -3.41. The molecule has 20 heavy (non-hydrogen) atoms. The van der Waals surface area contributed by atoms with E-state index >= 15 is 0 Å². The lowest BCUT2D eigenvalue weighted by Gasteiger charge is -2.24. The predicted molar refractivity (Wildman–Crippen MR) is 79.1 cm³/mol. The molecular weight excluding hydrogens is 274 g/mol. The van der Waals surface area contributed by atoms with Crippen LogP contribution in [0.5, 0.6) is 0 Å². The largest absolute Gasteiger partial charge is 0.396 e. The van der Waals surface area contributed by atoms with E-state index in [-0.39, 0.29) is 12.6 Å². The summed E-state index contributed by atoms with van der Waals surface area (Å²) in [4.78, 5) is 0.416. The van der Waals surface area contributed by atoms with Crippen LogP contribution in [0.15, 0.2) is 23.1 Å². The summed E-state index contributed by atoms with van der Waals surface area (Å²) in [5.41, 5.74) is 1.87. The highest BCUT2D eigenvalue weighted by atomic mass is 32.2. The van der Waals surface area contributed by atoms with Crippen LogP contribution in [0.3, 0.4) is 0 Å². The molecule has 0 radical (unpaired) electrons. The fraction of sp³-hybridized carbons (Fsp3) is 0.600. The van der Waals surface area contributed by atoms with Gasteiger partial charge in [0.2, 0.25) is 10.0 Å². The van der Waals surface area contributed by atoms with Crippen molar-refractivity contribution in [2.24, 2.45) is 0 Å². The van der Waals surface area contributed by atoms with Crippen molar-refractivity contribution in [3.8, 4) is 0 Å². The van der Waals surface area contributed by atoms with E-state index in [9.17, 15) is 8.42 Å². The van der Waals surface area contributed by atoms with Crippen LogP contribution in [0.1, 0.15) is 36.8 Å². The standard InChI is InChI=1S/C15H23NO3S/c1-12-7-8-15(13(2)11-12)20(18,19)16-9-3-5-14(16)6-4-10-17/h7-8,11,14,17H,3-6,9-10H2,1-2H3. The van der Waals surface area contributed by atoms with Crippen molar-refractivity contribution in [2.45, 2.75) is 50.5 Å². The van der Waals surface area contributed by atoms with Crippen LogP contribution in [0.4, 0.5) is 0 Å². The topological polar surface area (TPSA) is 57.6 Å². The summed E-state index contributed by atoms with van der Waals surface area (Å²) in [6.07, 6.45) is 3.19. The quantitative estimate of drug-likeness (QED) is 0.906. The molecule has 0 aromatic heterocycles. The molecule has 1 saturated heterocycles. The molecule has 1 aliphatic heterocycles. The summed E-state index contributed by atoms with van der Waals surface area (Å²) in [5, 5.41) is 8.94. The molecule has 1 aromatic rings. The van der Waals surface area contributed by atoms with Crippen molar-refractivity contribution in [3.05, 3.63) is 29.3 Å². The number of sulfonamides is 1. The molecule has 1 fully saturated rings. The Morgan fingerprint density at radius 1 is 1.35 bits per heavy atom. The van der Waals surface area contributed by atoms with E-state index in [1.807, 2.05) is 26.0 Å². The van der Waals surface area contributed by atoms with Gasteiger partial charge in [0, 0.05) is 19.2 Å². The summed E-state index contributed by atoms with van der Waals surface area (Å²) in [6.45, 7) is 4.52. The molecule has 0 saturated carbocycles. The van der Waals surface area contributed by atoms with Crippen molar-refractivity contribution < 1.29 is 13.5 Å². The van der Waals surface area contributed by atoms with Gasteiger partial charge in [-0.15, -0.1) is 0 Å². The molecule has 0 bridgehead atoms. The fourth-order valence-electron chi connectivity index (χ4n) is 2.96. The molecule has 1 aliphatic rings. The van der Waals surface area contributed by atoms with Gasteiger partial charge in [0.15, 0.2) is 0 Å². The average molecular weight is 297 g/mol. The first-order valence-electron chi connectivity index (χ1n) is 7.17. The Bertz CT molecular complexity index is 568. The minimum absolute atomic E-state index is 0.0350. The highest BCUT2D eigenvalue weighted by molar-refractivity contribution is 7.89. The van der Waals surface area contributed by atoms with E-state index in [1.54, 1.807) is 10.4 Å². The van der Waals surface area contributed by atoms with Crippen LogP contribution in [0.2, 0.25) is 0 Å². The van der Waals surface area contributed by atoms with Gasteiger partial charge in [-0.05, 0) is 51.2 Å². The average Bonchev–Trinajstić information content (AvgIpc) is 2.84. The zero-order valence-electron chi connectivity index (χ0n) is 12.2. The van der Waals surface area contributed by atoms with Crippen LogP contribution in [0, 0.1) is 13.8 Å². The first-order chi connectivity index (χ1) is 9.46. The Hall–Kier alpha value is -0.910. The summed E-state index contributed by atoms with van der Waals surface area (Å²) in [6, 6.07) is 5.50. The second kappa shape index (κ2) is 6.24. The molecule has 4 nitrogen and oxygen atoms in total. The van der Waals surface area contributed by atoms with Crippen molar-refractivity contribution in [2.75, 3.05) is 13.2 Å². The monoisotopic (exact) mass is 297 g/mol. The Balaban J connectivity index is 2.29. The van der Waals surface area contributed by atoms with Crippen molar-refractivity contribution in [1.82, 2.24) is 4.31 Å². The van der Waals surface area contributed by atoms with E-state index in [4.69, 9.17) is 5.11 Å². The van der Waals surface area contributed by atoms with Crippen LogP contribution in [-0.4, -0.2) is 37.0 Å². The Labute approximate surface area is 121 Å². The number of hydrogen-bond donors (Lipinski definition) is 1. The number of aliphatic hydroxyl groups is 1. The van der Waals surface area contributed by atoms with Gasteiger partial charge in [-0.1, -0.05) is 17.7 Å². The number of aryl methyl sites for hydroxylation is 2. The summed E-state index contributed by atoms with van der Waals surface area (Å²) in [7, 11) is -3.41. The third kappa shape index (κ3) is 3.05. The van der Waals surface area contributed by atoms with E-state index in [0.29, 0.717) is 17.9 Å². The van der Waals surface area contributed by atoms with Gasteiger partial charge in [0.05, 0.1) is 4.90 Å². The Kier molecular flexibility index (Phi) is 4.83. The third-order valence-corrected chi connectivity index (χ3v) is 6.05. The molecular formula is C15H23NO3S. The molecule has 1 unspecified atom stereocenters. The van der Waals surface area contributed by atoms with Crippen LogP contribution in [0.25, 0.3) is 0 Å². The van der Waals surface area contributed by atoms with Crippen LogP contribution >= 0.6 is 0 Å². The number of nitrogens with zero attached hydrogens (tertiary/aromatic N) is 1. The molecule has 112 valence electrons. The number of rotatable bonds is 5.